The maximum atomic E-state index is 11.4. The molecule has 0 saturated heterocycles. The second-order valence-electron chi connectivity index (χ2n) is 6.34. The number of nitrogens with zero attached hydrogens (tertiary/aromatic N) is 1. The maximum Gasteiger partial charge on any atom is 0.210 e. The van der Waals surface area contributed by atoms with E-state index in [2.05, 4.69) is 0 Å². The van der Waals surface area contributed by atoms with Crippen LogP contribution >= 0.6 is 0 Å². The first-order valence-electron chi connectivity index (χ1n) is 8.32. The first-order chi connectivity index (χ1) is 11.2. The average Bonchev–Trinajstić information content (AvgIpc) is 2.58. The highest BCUT2D eigenvalue weighted by Crippen LogP contribution is 2.28. The Kier molecular flexibility index (Phi) is 6.71. The number of ether oxygens (including phenoxy) is 2. The molecule has 0 aromatic heterocycles. The predicted molar refractivity (Wildman–Crippen MR) is 90.6 cm³/mol. The van der Waals surface area contributed by atoms with Gasteiger partial charge in [0, 0.05) is 30.8 Å². The van der Waals surface area contributed by atoms with Crippen LogP contribution in [0.25, 0.3) is 0 Å². The van der Waals surface area contributed by atoms with Gasteiger partial charge in [-0.2, -0.15) is 0 Å². The van der Waals surface area contributed by atoms with Crippen molar-refractivity contribution in [2.24, 2.45) is 11.7 Å². The zero-order valence-corrected chi connectivity index (χ0v) is 14.2. The van der Waals surface area contributed by atoms with Gasteiger partial charge in [-0.1, -0.05) is 12.8 Å². The van der Waals surface area contributed by atoms with Crippen LogP contribution in [0.2, 0.25) is 0 Å². The van der Waals surface area contributed by atoms with Gasteiger partial charge in [0.1, 0.15) is 11.5 Å². The smallest absolute Gasteiger partial charge is 0.210 e. The number of carbonyl (C=O) groups is 1. The quantitative estimate of drug-likeness (QED) is 0.748. The van der Waals surface area contributed by atoms with Crippen LogP contribution in [0, 0.1) is 5.92 Å². The van der Waals surface area contributed by atoms with E-state index < -0.39 is 0 Å². The lowest BCUT2D eigenvalue weighted by Gasteiger charge is -2.28. The van der Waals surface area contributed by atoms with Crippen molar-refractivity contribution in [2.45, 2.75) is 44.7 Å². The highest BCUT2D eigenvalue weighted by Gasteiger charge is 2.20. The standard InChI is InChI=1S/C18H28N2O3/c1-22-17-7-6-15(18(11-17)23-2)12-20(13-21)9-8-14-4-3-5-16(19)10-14/h6-7,11,13-14,16H,3-5,8-10,12,19H2,1-2H3. The van der Waals surface area contributed by atoms with E-state index in [1.54, 1.807) is 14.2 Å². The Morgan fingerprint density at radius 1 is 1.30 bits per heavy atom. The Labute approximate surface area is 138 Å². The second-order valence-corrected chi connectivity index (χ2v) is 6.34. The lowest BCUT2D eigenvalue weighted by atomic mass is 9.84. The van der Waals surface area contributed by atoms with E-state index in [9.17, 15) is 4.79 Å². The summed E-state index contributed by atoms with van der Waals surface area (Å²) in [6.07, 6.45) is 6.60. The van der Waals surface area contributed by atoms with Crippen molar-refractivity contribution in [1.82, 2.24) is 4.90 Å². The third kappa shape index (κ3) is 5.13. The van der Waals surface area contributed by atoms with E-state index in [1.165, 1.54) is 12.8 Å². The Morgan fingerprint density at radius 3 is 2.78 bits per heavy atom. The SMILES string of the molecule is COc1ccc(CN(C=O)CCC2CCCC(N)C2)c(OC)c1. The first kappa shape index (κ1) is 17.6. The zero-order valence-electron chi connectivity index (χ0n) is 14.2. The van der Waals surface area contributed by atoms with Crippen molar-refractivity contribution in [3.05, 3.63) is 23.8 Å². The highest BCUT2D eigenvalue weighted by molar-refractivity contribution is 5.49. The van der Waals surface area contributed by atoms with Crippen LogP contribution in [0.15, 0.2) is 18.2 Å². The Hall–Kier alpha value is -1.75. The van der Waals surface area contributed by atoms with E-state index in [0.29, 0.717) is 18.5 Å². The molecule has 0 bridgehead atoms. The number of hydrogen-bond donors (Lipinski definition) is 1. The van der Waals surface area contributed by atoms with Crippen LogP contribution in [0.1, 0.15) is 37.7 Å². The van der Waals surface area contributed by atoms with E-state index in [1.807, 2.05) is 23.1 Å². The summed E-state index contributed by atoms with van der Waals surface area (Å²) in [6.45, 7) is 1.31. The van der Waals surface area contributed by atoms with Crippen LogP contribution in [-0.2, 0) is 11.3 Å². The first-order valence-corrected chi connectivity index (χ1v) is 8.32. The van der Waals surface area contributed by atoms with Crippen LogP contribution < -0.4 is 15.2 Å². The number of carbonyl (C=O) groups excluding carboxylic acids is 1. The van der Waals surface area contributed by atoms with Gasteiger partial charge in [-0.25, -0.2) is 0 Å². The molecule has 2 N–H and O–H groups in total. The van der Waals surface area contributed by atoms with Crippen molar-refractivity contribution < 1.29 is 14.3 Å². The van der Waals surface area contributed by atoms with Crippen molar-refractivity contribution >= 4 is 6.41 Å². The number of hydrogen-bond acceptors (Lipinski definition) is 4. The molecule has 1 saturated carbocycles. The molecule has 128 valence electrons. The maximum absolute atomic E-state index is 11.4. The minimum Gasteiger partial charge on any atom is -0.497 e. The molecule has 2 rings (SSSR count). The molecule has 5 heteroatoms. The third-order valence-corrected chi connectivity index (χ3v) is 4.66. The summed E-state index contributed by atoms with van der Waals surface area (Å²) in [5, 5.41) is 0. The molecule has 1 aliphatic carbocycles. The van der Waals surface area contributed by atoms with Gasteiger partial charge in [-0.15, -0.1) is 0 Å². The minimum atomic E-state index is 0.333. The minimum absolute atomic E-state index is 0.333. The lowest BCUT2D eigenvalue weighted by molar-refractivity contribution is -0.118. The molecule has 1 aromatic carbocycles. The van der Waals surface area contributed by atoms with E-state index in [0.717, 1.165) is 49.3 Å². The molecule has 5 nitrogen and oxygen atoms in total. The van der Waals surface area contributed by atoms with Crippen molar-refractivity contribution in [3.8, 4) is 11.5 Å². The summed E-state index contributed by atoms with van der Waals surface area (Å²) < 4.78 is 10.6. The Morgan fingerprint density at radius 2 is 2.13 bits per heavy atom. The van der Waals surface area contributed by atoms with Crippen LogP contribution in [0.5, 0.6) is 11.5 Å². The molecule has 0 radical (unpaired) electrons. The normalized spacial score (nSPS) is 20.8. The molecular formula is C18H28N2O3. The van der Waals surface area contributed by atoms with Gasteiger partial charge in [-0.3, -0.25) is 4.79 Å². The van der Waals surface area contributed by atoms with E-state index >= 15 is 0 Å². The monoisotopic (exact) mass is 320 g/mol. The number of methoxy groups -OCH3 is 2. The molecule has 2 unspecified atom stereocenters. The molecule has 1 aromatic rings. The molecule has 0 aliphatic heterocycles. The van der Waals surface area contributed by atoms with Crippen LogP contribution in [0.4, 0.5) is 0 Å². The predicted octanol–water partition coefficient (Wildman–Crippen LogP) is 2.57. The topological polar surface area (TPSA) is 64.8 Å². The highest BCUT2D eigenvalue weighted by atomic mass is 16.5. The summed E-state index contributed by atoms with van der Waals surface area (Å²) in [6, 6.07) is 6.02. The summed E-state index contributed by atoms with van der Waals surface area (Å²) in [4.78, 5) is 13.2. The molecule has 0 spiro atoms. The number of rotatable bonds is 8. The molecule has 0 heterocycles. The van der Waals surface area contributed by atoms with Crippen molar-refractivity contribution in [2.75, 3.05) is 20.8 Å². The molecule has 1 fully saturated rings. The summed E-state index contributed by atoms with van der Waals surface area (Å²) in [7, 11) is 3.26. The fourth-order valence-electron chi connectivity index (χ4n) is 3.31. The van der Waals surface area contributed by atoms with E-state index in [-0.39, 0.29) is 0 Å². The molecule has 23 heavy (non-hydrogen) atoms. The largest absolute Gasteiger partial charge is 0.497 e. The van der Waals surface area contributed by atoms with Crippen molar-refractivity contribution in [1.29, 1.82) is 0 Å². The fourth-order valence-corrected chi connectivity index (χ4v) is 3.31. The van der Waals surface area contributed by atoms with Gasteiger partial charge >= 0.3 is 0 Å². The molecule has 1 aliphatic rings. The van der Waals surface area contributed by atoms with Gasteiger partial charge < -0.3 is 20.1 Å². The third-order valence-electron chi connectivity index (χ3n) is 4.66. The van der Waals surface area contributed by atoms with Gasteiger partial charge in [0.05, 0.1) is 14.2 Å². The van der Waals surface area contributed by atoms with Crippen LogP contribution in [-0.4, -0.2) is 38.1 Å². The second kappa shape index (κ2) is 8.77. The van der Waals surface area contributed by atoms with Gasteiger partial charge in [0.15, 0.2) is 0 Å². The summed E-state index contributed by atoms with van der Waals surface area (Å²) in [5.41, 5.74) is 7.03. The molecular weight excluding hydrogens is 292 g/mol. The summed E-state index contributed by atoms with van der Waals surface area (Å²) in [5.74, 6) is 2.13. The Balaban J connectivity index is 1.92. The number of amides is 1. The van der Waals surface area contributed by atoms with Crippen molar-refractivity contribution in [3.63, 3.8) is 0 Å². The summed E-state index contributed by atoms with van der Waals surface area (Å²) >= 11 is 0. The zero-order chi connectivity index (χ0) is 16.7. The van der Waals surface area contributed by atoms with E-state index in [4.69, 9.17) is 15.2 Å². The van der Waals surface area contributed by atoms with Gasteiger partial charge in [-0.05, 0) is 37.3 Å². The molecule has 2 atom stereocenters. The lowest BCUT2D eigenvalue weighted by Crippen LogP contribution is -2.30. The molecule has 1 amide bonds. The Bertz CT molecular complexity index is 507. The number of nitrogens with two attached hydrogens (primary N) is 1. The number of benzene rings is 1. The average molecular weight is 320 g/mol. The van der Waals surface area contributed by atoms with Crippen LogP contribution in [0.3, 0.4) is 0 Å². The fraction of sp³-hybridized carbons (Fsp3) is 0.611. The van der Waals surface area contributed by atoms with Gasteiger partial charge in [0.25, 0.3) is 0 Å². The van der Waals surface area contributed by atoms with Gasteiger partial charge in [0.2, 0.25) is 6.41 Å².